The van der Waals surface area contributed by atoms with Gasteiger partial charge in [-0.25, -0.2) is 4.79 Å². The number of hydrogen-bond acceptors (Lipinski definition) is 11. The van der Waals surface area contributed by atoms with Crippen LogP contribution in [0.15, 0.2) is 85.1 Å². The SMILES string of the molecule is CC/C=C\C/C=C\C/C=C\CCCCCC(=O)OC(COC(=O)CCCCCCC/C=C\CCCCCCCC)COC1OC(C(=O)O)C(O)C(O)C1OC(=O)CCCCC/C=C\C/C=C\C/C=C\CC. The Balaban J connectivity index is 2.76. The second-order valence-corrected chi connectivity index (χ2v) is 18.4. The van der Waals surface area contributed by atoms with E-state index in [1.807, 2.05) is 0 Å². The molecule has 6 unspecified atom stereocenters. The van der Waals surface area contributed by atoms with Crippen LogP contribution in [0, 0.1) is 0 Å². The van der Waals surface area contributed by atoms with Gasteiger partial charge in [-0.15, -0.1) is 0 Å². The van der Waals surface area contributed by atoms with Gasteiger partial charge in [-0.05, 0) is 109 Å². The average Bonchev–Trinajstić information content (AvgIpc) is 3.35. The standard InChI is InChI=1S/C59H96O12/c1-4-7-10-13-16-19-22-25-26-29-30-33-36-39-42-45-51(60)67-48-50(69-52(61)46-43-40-37-34-31-27-23-20-17-14-11-8-5-2)49-68-59-57(55(64)54(63)56(71-59)58(65)66)70-53(62)47-44-41-38-35-32-28-24-21-18-15-12-9-6-3/h8-9,11-12,17-18,20-21,25-28,31-32,50,54-57,59,63-64H,4-7,10,13-16,19,22-24,29-30,33-49H2,1-3H3,(H,65,66)/b11-8-,12-9-,20-17-,21-18-,26-25-,31-27-,32-28-. The van der Waals surface area contributed by atoms with Gasteiger partial charge in [-0.3, -0.25) is 14.4 Å². The molecule has 1 aliphatic heterocycles. The van der Waals surface area contributed by atoms with Crippen LogP contribution in [0.25, 0.3) is 0 Å². The fraction of sp³-hybridized carbons (Fsp3) is 0.695. The molecule has 0 radical (unpaired) electrons. The highest BCUT2D eigenvalue weighted by atomic mass is 16.7. The molecule has 0 bridgehead atoms. The van der Waals surface area contributed by atoms with Gasteiger partial charge in [0.25, 0.3) is 0 Å². The molecule has 1 rings (SSSR count). The van der Waals surface area contributed by atoms with E-state index < -0.39 is 67.3 Å². The first-order valence-electron chi connectivity index (χ1n) is 27.6. The van der Waals surface area contributed by atoms with E-state index >= 15 is 0 Å². The zero-order valence-electron chi connectivity index (χ0n) is 44.2. The van der Waals surface area contributed by atoms with E-state index in [1.165, 1.54) is 38.5 Å². The summed E-state index contributed by atoms with van der Waals surface area (Å²) in [6, 6.07) is 0. The highest BCUT2D eigenvalue weighted by Crippen LogP contribution is 2.26. The van der Waals surface area contributed by atoms with E-state index in [0.29, 0.717) is 19.3 Å². The molecule has 12 heteroatoms. The lowest BCUT2D eigenvalue weighted by Gasteiger charge is -2.40. The van der Waals surface area contributed by atoms with Crippen molar-refractivity contribution < 1.29 is 58.2 Å². The number of hydrogen-bond donors (Lipinski definition) is 3. The van der Waals surface area contributed by atoms with Crippen molar-refractivity contribution in [3.8, 4) is 0 Å². The Kier molecular flexibility index (Phi) is 42.9. The van der Waals surface area contributed by atoms with Crippen molar-refractivity contribution in [2.75, 3.05) is 13.2 Å². The van der Waals surface area contributed by atoms with Gasteiger partial charge in [0.05, 0.1) is 6.61 Å². The van der Waals surface area contributed by atoms with Gasteiger partial charge in [0.15, 0.2) is 24.6 Å². The molecule has 0 amide bonds. The van der Waals surface area contributed by atoms with E-state index in [4.69, 9.17) is 23.7 Å². The summed E-state index contributed by atoms with van der Waals surface area (Å²) in [6.07, 6.45) is 47.1. The maximum absolute atomic E-state index is 13.1. The number of aliphatic carboxylic acids is 1. The van der Waals surface area contributed by atoms with Crippen molar-refractivity contribution in [2.45, 2.75) is 250 Å². The zero-order valence-corrected chi connectivity index (χ0v) is 44.2. The molecule has 71 heavy (non-hydrogen) atoms. The normalized spacial score (nSPS) is 19.1. The van der Waals surface area contributed by atoms with Crippen molar-refractivity contribution in [1.82, 2.24) is 0 Å². The fourth-order valence-electron chi connectivity index (χ4n) is 7.74. The topological polar surface area (TPSA) is 175 Å². The Labute approximate surface area is 429 Å². The maximum atomic E-state index is 13.1. The van der Waals surface area contributed by atoms with Crippen LogP contribution in [0.1, 0.15) is 213 Å². The number of unbranched alkanes of at least 4 members (excludes halogenated alkanes) is 17. The van der Waals surface area contributed by atoms with Gasteiger partial charge in [0.1, 0.15) is 18.8 Å². The number of ether oxygens (including phenoxy) is 5. The van der Waals surface area contributed by atoms with Gasteiger partial charge in [0, 0.05) is 19.3 Å². The number of carbonyl (C=O) groups is 4. The minimum absolute atomic E-state index is 0.0177. The highest BCUT2D eigenvalue weighted by molar-refractivity contribution is 5.74. The molecule has 1 aliphatic rings. The van der Waals surface area contributed by atoms with Crippen molar-refractivity contribution in [2.24, 2.45) is 0 Å². The molecule has 0 aromatic carbocycles. The molecular weight excluding hydrogens is 901 g/mol. The molecule has 1 heterocycles. The summed E-state index contributed by atoms with van der Waals surface area (Å²) in [4.78, 5) is 50.9. The van der Waals surface area contributed by atoms with Gasteiger partial charge < -0.3 is 39.0 Å². The minimum atomic E-state index is -1.92. The summed E-state index contributed by atoms with van der Waals surface area (Å²) in [5, 5.41) is 31.4. The molecule has 12 nitrogen and oxygen atoms in total. The minimum Gasteiger partial charge on any atom is -0.479 e. The molecule has 0 spiro atoms. The number of rotatable bonds is 45. The maximum Gasteiger partial charge on any atom is 0.335 e. The van der Waals surface area contributed by atoms with Crippen LogP contribution in [0.5, 0.6) is 0 Å². The summed E-state index contributed by atoms with van der Waals surface area (Å²) in [7, 11) is 0. The monoisotopic (exact) mass is 997 g/mol. The molecule has 6 atom stereocenters. The smallest absolute Gasteiger partial charge is 0.335 e. The number of allylic oxidation sites excluding steroid dienone is 14. The van der Waals surface area contributed by atoms with Crippen molar-refractivity contribution in [1.29, 1.82) is 0 Å². The quantitative estimate of drug-likeness (QED) is 0.0228. The van der Waals surface area contributed by atoms with Gasteiger partial charge >= 0.3 is 23.9 Å². The van der Waals surface area contributed by atoms with E-state index in [9.17, 15) is 34.5 Å². The number of esters is 3. The number of carboxylic acid groups (broad SMARTS) is 1. The Morgan fingerprint density at radius 1 is 0.479 bits per heavy atom. The van der Waals surface area contributed by atoms with Gasteiger partial charge in [-0.2, -0.15) is 0 Å². The van der Waals surface area contributed by atoms with Crippen LogP contribution in [0.3, 0.4) is 0 Å². The summed E-state index contributed by atoms with van der Waals surface area (Å²) < 4.78 is 28.3. The van der Waals surface area contributed by atoms with E-state index in [-0.39, 0.29) is 25.9 Å². The van der Waals surface area contributed by atoms with Crippen molar-refractivity contribution >= 4 is 23.9 Å². The Morgan fingerprint density at radius 2 is 0.887 bits per heavy atom. The lowest BCUT2D eigenvalue weighted by molar-refractivity contribution is -0.301. The lowest BCUT2D eigenvalue weighted by Crippen LogP contribution is -2.61. The summed E-state index contributed by atoms with van der Waals surface area (Å²) >= 11 is 0. The predicted octanol–water partition coefficient (Wildman–Crippen LogP) is 13.6. The first-order valence-corrected chi connectivity index (χ1v) is 27.6. The first kappa shape index (κ1) is 64.9. The van der Waals surface area contributed by atoms with E-state index in [1.54, 1.807) is 0 Å². The molecule has 3 N–H and O–H groups in total. The fourth-order valence-corrected chi connectivity index (χ4v) is 7.74. The Hall–Kier alpha value is -4.10. The van der Waals surface area contributed by atoms with E-state index in [2.05, 4.69) is 106 Å². The van der Waals surface area contributed by atoms with E-state index in [0.717, 1.165) is 116 Å². The number of aliphatic hydroxyl groups is 2. The molecule has 0 saturated carbocycles. The second-order valence-electron chi connectivity index (χ2n) is 18.4. The third-order valence-corrected chi connectivity index (χ3v) is 11.9. The van der Waals surface area contributed by atoms with Crippen LogP contribution in [0.2, 0.25) is 0 Å². The van der Waals surface area contributed by atoms with Crippen molar-refractivity contribution in [3.05, 3.63) is 85.1 Å². The van der Waals surface area contributed by atoms with Crippen LogP contribution in [-0.4, -0.2) is 89.2 Å². The Bertz CT molecular complexity index is 1560. The third kappa shape index (κ3) is 37.3. The summed E-state index contributed by atoms with van der Waals surface area (Å²) in [5.74, 6) is -3.22. The number of carboxylic acids is 1. The summed E-state index contributed by atoms with van der Waals surface area (Å²) in [5.41, 5.74) is 0. The summed E-state index contributed by atoms with van der Waals surface area (Å²) in [6.45, 7) is 5.69. The molecule has 0 aromatic rings. The van der Waals surface area contributed by atoms with Crippen LogP contribution in [-0.2, 0) is 42.9 Å². The van der Waals surface area contributed by atoms with Crippen LogP contribution in [0.4, 0.5) is 0 Å². The lowest BCUT2D eigenvalue weighted by atomic mass is 9.98. The molecule has 1 saturated heterocycles. The zero-order chi connectivity index (χ0) is 51.8. The van der Waals surface area contributed by atoms with Crippen molar-refractivity contribution in [3.63, 3.8) is 0 Å². The second kappa shape index (κ2) is 46.9. The average molecular weight is 997 g/mol. The van der Waals surface area contributed by atoms with Crippen LogP contribution < -0.4 is 0 Å². The third-order valence-electron chi connectivity index (χ3n) is 11.9. The molecule has 0 aromatic heterocycles. The van der Waals surface area contributed by atoms with Crippen LogP contribution >= 0.6 is 0 Å². The Morgan fingerprint density at radius 3 is 1.38 bits per heavy atom. The first-order chi connectivity index (χ1) is 34.6. The number of carbonyl (C=O) groups excluding carboxylic acids is 3. The largest absolute Gasteiger partial charge is 0.479 e. The van der Waals surface area contributed by atoms with Gasteiger partial charge in [-0.1, -0.05) is 170 Å². The molecule has 0 aliphatic carbocycles. The molecule has 1 fully saturated rings. The number of aliphatic hydroxyl groups excluding tert-OH is 2. The van der Waals surface area contributed by atoms with Gasteiger partial charge in [0.2, 0.25) is 0 Å². The predicted molar refractivity (Wildman–Crippen MR) is 284 cm³/mol. The molecule has 404 valence electrons. The molecular formula is C59H96O12. The highest BCUT2D eigenvalue weighted by Gasteiger charge is 2.50.